The van der Waals surface area contributed by atoms with Crippen LogP contribution < -0.4 is 16.0 Å². The average molecular weight is 403 g/mol. The smallest absolute Gasteiger partial charge is 0.323 e. The molecular formula is C24H25N3O3. The van der Waals surface area contributed by atoms with Crippen LogP contribution in [0.1, 0.15) is 29.8 Å². The summed E-state index contributed by atoms with van der Waals surface area (Å²) in [7, 11) is 0. The molecule has 0 aromatic heterocycles. The number of hydrogen-bond donors (Lipinski definition) is 3. The van der Waals surface area contributed by atoms with Gasteiger partial charge in [-0.2, -0.15) is 0 Å². The zero-order valence-corrected chi connectivity index (χ0v) is 17.0. The van der Waals surface area contributed by atoms with Crippen molar-refractivity contribution in [1.82, 2.24) is 0 Å². The van der Waals surface area contributed by atoms with Gasteiger partial charge in [-0.05, 0) is 67.9 Å². The Bertz CT molecular complexity index is 986. The fourth-order valence-electron chi connectivity index (χ4n) is 2.72. The number of hydrogen-bond acceptors (Lipinski definition) is 3. The fourth-order valence-corrected chi connectivity index (χ4v) is 2.72. The molecule has 0 saturated carbocycles. The number of nitrogens with one attached hydrogen (secondary N) is 3. The summed E-state index contributed by atoms with van der Waals surface area (Å²) in [4.78, 5) is 24.6. The van der Waals surface area contributed by atoms with Gasteiger partial charge in [-0.15, -0.1) is 0 Å². The van der Waals surface area contributed by atoms with Crippen molar-refractivity contribution < 1.29 is 14.3 Å². The van der Waals surface area contributed by atoms with Gasteiger partial charge in [0.1, 0.15) is 0 Å². The minimum atomic E-state index is -0.348. The molecule has 0 atom stereocenters. The molecule has 3 N–H and O–H groups in total. The first-order valence-corrected chi connectivity index (χ1v) is 9.74. The summed E-state index contributed by atoms with van der Waals surface area (Å²) in [6, 6.07) is 23.1. The summed E-state index contributed by atoms with van der Waals surface area (Å²) in [5, 5.41) is 8.37. The van der Waals surface area contributed by atoms with Gasteiger partial charge in [0.15, 0.2) is 0 Å². The number of amides is 3. The first kappa shape index (κ1) is 21.1. The van der Waals surface area contributed by atoms with Crippen LogP contribution in [0.3, 0.4) is 0 Å². The number of carbonyl (C=O) groups excluding carboxylic acids is 2. The number of anilines is 3. The number of urea groups is 1. The molecule has 6 nitrogen and oxygen atoms in total. The molecule has 0 aliphatic carbocycles. The molecule has 0 fully saturated rings. The maximum atomic E-state index is 12.5. The molecule has 30 heavy (non-hydrogen) atoms. The second-order valence-corrected chi connectivity index (χ2v) is 7.04. The molecule has 0 aliphatic rings. The molecule has 0 unspecified atom stereocenters. The Balaban J connectivity index is 1.56. The van der Waals surface area contributed by atoms with E-state index in [1.165, 1.54) is 0 Å². The van der Waals surface area contributed by atoms with E-state index in [9.17, 15) is 9.59 Å². The Hall–Kier alpha value is -3.64. The van der Waals surface area contributed by atoms with Crippen molar-refractivity contribution in [3.63, 3.8) is 0 Å². The Morgan fingerprint density at radius 1 is 0.767 bits per heavy atom. The van der Waals surface area contributed by atoms with E-state index < -0.39 is 0 Å². The van der Waals surface area contributed by atoms with Crippen LogP contribution in [0.25, 0.3) is 0 Å². The van der Waals surface area contributed by atoms with Crippen molar-refractivity contribution in [2.45, 2.75) is 26.6 Å². The van der Waals surface area contributed by atoms with Gasteiger partial charge >= 0.3 is 6.03 Å². The average Bonchev–Trinajstić information content (AvgIpc) is 2.73. The standard InChI is InChI=1S/C24H25N3O3/c1-17(2)30-16-18-7-6-10-22(15-18)25-23(28)19-11-13-21(14-12-19)27-24(29)26-20-8-4-3-5-9-20/h3-15,17H,16H2,1-2H3,(H,25,28)(H2,26,27,29). The summed E-state index contributed by atoms with van der Waals surface area (Å²) in [5.41, 5.74) is 3.48. The van der Waals surface area contributed by atoms with Gasteiger partial charge in [-0.1, -0.05) is 30.3 Å². The molecule has 0 saturated heterocycles. The van der Waals surface area contributed by atoms with Gasteiger partial charge in [0, 0.05) is 22.6 Å². The highest BCUT2D eigenvalue weighted by atomic mass is 16.5. The first-order chi connectivity index (χ1) is 14.5. The zero-order chi connectivity index (χ0) is 21.3. The highest BCUT2D eigenvalue weighted by Gasteiger charge is 2.08. The summed E-state index contributed by atoms with van der Waals surface area (Å²) in [5.74, 6) is -0.225. The van der Waals surface area contributed by atoms with E-state index in [1.54, 1.807) is 36.4 Å². The summed E-state index contributed by atoms with van der Waals surface area (Å²) in [6.45, 7) is 4.46. The molecule has 3 aromatic rings. The molecule has 0 radical (unpaired) electrons. The number of rotatable bonds is 7. The van der Waals surface area contributed by atoms with Gasteiger partial charge in [-0.3, -0.25) is 4.79 Å². The summed E-state index contributed by atoms with van der Waals surface area (Å²) in [6.07, 6.45) is 0.144. The third-order valence-electron chi connectivity index (χ3n) is 4.20. The first-order valence-electron chi connectivity index (χ1n) is 9.74. The Morgan fingerprint density at radius 2 is 1.40 bits per heavy atom. The second kappa shape index (κ2) is 10.2. The molecule has 3 amide bonds. The van der Waals surface area contributed by atoms with E-state index >= 15 is 0 Å². The summed E-state index contributed by atoms with van der Waals surface area (Å²) < 4.78 is 5.60. The Morgan fingerprint density at radius 3 is 2.07 bits per heavy atom. The zero-order valence-electron chi connectivity index (χ0n) is 17.0. The Labute approximate surface area is 176 Å². The van der Waals surface area contributed by atoms with E-state index in [4.69, 9.17) is 4.74 Å². The highest BCUT2D eigenvalue weighted by molar-refractivity contribution is 6.05. The van der Waals surface area contributed by atoms with Gasteiger partial charge in [0.2, 0.25) is 0 Å². The van der Waals surface area contributed by atoms with Gasteiger partial charge in [0.05, 0.1) is 12.7 Å². The maximum Gasteiger partial charge on any atom is 0.323 e. The van der Waals surface area contributed by atoms with E-state index in [-0.39, 0.29) is 18.0 Å². The van der Waals surface area contributed by atoms with Crippen LogP contribution in [0, 0.1) is 0 Å². The lowest BCUT2D eigenvalue weighted by atomic mass is 10.1. The molecule has 0 bridgehead atoms. The molecule has 6 heteroatoms. The van der Waals surface area contributed by atoms with Crippen molar-refractivity contribution in [1.29, 1.82) is 0 Å². The quantitative estimate of drug-likeness (QED) is 0.487. The van der Waals surface area contributed by atoms with Crippen molar-refractivity contribution in [2.75, 3.05) is 16.0 Å². The summed E-state index contributed by atoms with van der Waals surface area (Å²) >= 11 is 0. The lowest BCUT2D eigenvalue weighted by Gasteiger charge is -2.11. The molecule has 0 heterocycles. The maximum absolute atomic E-state index is 12.5. The molecule has 154 valence electrons. The SMILES string of the molecule is CC(C)OCc1cccc(NC(=O)c2ccc(NC(=O)Nc3ccccc3)cc2)c1. The van der Waals surface area contributed by atoms with Crippen molar-refractivity contribution in [3.8, 4) is 0 Å². The lowest BCUT2D eigenvalue weighted by molar-refractivity contribution is 0.0657. The number of ether oxygens (including phenoxy) is 1. The predicted molar refractivity (Wildman–Crippen MR) is 120 cm³/mol. The largest absolute Gasteiger partial charge is 0.374 e. The molecule has 0 spiro atoms. The lowest BCUT2D eigenvalue weighted by Crippen LogP contribution is -2.19. The van der Waals surface area contributed by atoms with E-state index in [1.807, 2.05) is 56.3 Å². The fraction of sp³-hybridized carbons (Fsp3) is 0.167. The third kappa shape index (κ3) is 6.46. The van der Waals surface area contributed by atoms with E-state index in [0.29, 0.717) is 29.2 Å². The molecule has 3 aromatic carbocycles. The van der Waals surface area contributed by atoms with E-state index in [2.05, 4.69) is 16.0 Å². The molecule has 3 rings (SSSR count). The van der Waals surface area contributed by atoms with E-state index in [0.717, 1.165) is 5.56 Å². The minimum Gasteiger partial charge on any atom is -0.374 e. The molecular weight excluding hydrogens is 378 g/mol. The Kier molecular flexibility index (Phi) is 7.19. The molecule has 0 aliphatic heterocycles. The second-order valence-electron chi connectivity index (χ2n) is 7.04. The van der Waals surface area contributed by atoms with Gasteiger partial charge < -0.3 is 20.7 Å². The van der Waals surface area contributed by atoms with Crippen LogP contribution >= 0.6 is 0 Å². The van der Waals surface area contributed by atoms with Gasteiger partial charge in [0.25, 0.3) is 5.91 Å². The van der Waals surface area contributed by atoms with Crippen molar-refractivity contribution in [2.24, 2.45) is 0 Å². The minimum absolute atomic E-state index is 0.144. The van der Waals surface area contributed by atoms with Gasteiger partial charge in [-0.25, -0.2) is 4.79 Å². The van der Waals surface area contributed by atoms with Crippen LogP contribution in [0.2, 0.25) is 0 Å². The monoisotopic (exact) mass is 403 g/mol. The van der Waals surface area contributed by atoms with Crippen LogP contribution in [0.5, 0.6) is 0 Å². The van der Waals surface area contributed by atoms with Crippen molar-refractivity contribution >= 4 is 29.0 Å². The number of carbonyl (C=O) groups is 2. The highest BCUT2D eigenvalue weighted by Crippen LogP contribution is 2.16. The van der Waals surface area contributed by atoms with Crippen LogP contribution in [-0.4, -0.2) is 18.0 Å². The predicted octanol–water partition coefficient (Wildman–Crippen LogP) is 5.51. The van der Waals surface area contributed by atoms with Crippen LogP contribution in [-0.2, 0) is 11.3 Å². The normalized spacial score (nSPS) is 10.5. The topological polar surface area (TPSA) is 79.5 Å². The number of benzene rings is 3. The van der Waals surface area contributed by atoms with Crippen LogP contribution in [0.15, 0.2) is 78.9 Å². The third-order valence-corrected chi connectivity index (χ3v) is 4.20. The van der Waals surface area contributed by atoms with Crippen molar-refractivity contribution in [3.05, 3.63) is 90.0 Å². The van der Waals surface area contributed by atoms with Crippen LogP contribution in [0.4, 0.5) is 21.9 Å². The number of para-hydroxylation sites is 1.